The molecule has 1 aromatic carbocycles. The topological polar surface area (TPSA) is 54.9 Å². The number of pyridine rings is 1. The standard InChI is InChI=1S/C16H13N3OS/c1-11-5-7-12(8-6-11)16-18-13(10-21-16)15(20)19-14-4-2-3-9-17-14/h2-10H,1H3,(H,17,19,20). The predicted octanol–water partition coefficient (Wildman–Crippen LogP) is 3.77. The Morgan fingerprint density at radius 2 is 1.95 bits per heavy atom. The largest absolute Gasteiger partial charge is 0.305 e. The highest BCUT2D eigenvalue weighted by atomic mass is 32.1. The van der Waals surface area contributed by atoms with Crippen molar-refractivity contribution in [1.82, 2.24) is 9.97 Å². The number of nitrogens with one attached hydrogen (secondary N) is 1. The van der Waals surface area contributed by atoms with Crippen LogP contribution in [0.3, 0.4) is 0 Å². The van der Waals surface area contributed by atoms with E-state index in [2.05, 4.69) is 15.3 Å². The molecular formula is C16H13N3OS. The minimum Gasteiger partial charge on any atom is -0.305 e. The summed E-state index contributed by atoms with van der Waals surface area (Å²) in [7, 11) is 0. The average molecular weight is 295 g/mol. The molecule has 21 heavy (non-hydrogen) atoms. The Morgan fingerprint density at radius 3 is 2.67 bits per heavy atom. The molecule has 2 aromatic heterocycles. The zero-order valence-electron chi connectivity index (χ0n) is 11.4. The minimum absolute atomic E-state index is 0.247. The summed E-state index contributed by atoms with van der Waals surface area (Å²) in [5.41, 5.74) is 2.62. The Bertz CT molecular complexity index is 751. The van der Waals surface area contributed by atoms with Crippen LogP contribution in [0, 0.1) is 6.92 Å². The molecule has 0 aliphatic carbocycles. The highest BCUT2D eigenvalue weighted by Crippen LogP contribution is 2.24. The van der Waals surface area contributed by atoms with Gasteiger partial charge in [-0.3, -0.25) is 4.79 Å². The number of thiazole rings is 1. The molecule has 0 aliphatic rings. The zero-order chi connectivity index (χ0) is 14.7. The lowest BCUT2D eigenvalue weighted by atomic mass is 10.2. The number of aryl methyl sites for hydroxylation is 1. The van der Waals surface area contributed by atoms with Crippen molar-refractivity contribution in [2.24, 2.45) is 0 Å². The first-order valence-corrected chi connectivity index (χ1v) is 7.35. The molecule has 0 saturated heterocycles. The molecule has 1 N–H and O–H groups in total. The smallest absolute Gasteiger partial charge is 0.276 e. The number of hydrogen-bond acceptors (Lipinski definition) is 4. The van der Waals surface area contributed by atoms with Gasteiger partial charge in [0.25, 0.3) is 5.91 Å². The summed E-state index contributed by atoms with van der Waals surface area (Å²) < 4.78 is 0. The van der Waals surface area contributed by atoms with E-state index in [1.807, 2.05) is 37.3 Å². The Kier molecular flexibility index (Phi) is 3.75. The van der Waals surface area contributed by atoms with E-state index in [-0.39, 0.29) is 5.91 Å². The molecule has 0 saturated carbocycles. The van der Waals surface area contributed by atoms with Crippen LogP contribution in [0.2, 0.25) is 0 Å². The van der Waals surface area contributed by atoms with Crippen LogP contribution in [-0.4, -0.2) is 15.9 Å². The molecule has 5 heteroatoms. The molecule has 0 bridgehead atoms. The number of rotatable bonds is 3. The summed E-state index contributed by atoms with van der Waals surface area (Å²) in [6.07, 6.45) is 1.63. The maximum atomic E-state index is 12.1. The van der Waals surface area contributed by atoms with Gasteiger partial charge in [0, 0.05) is 17.1 Å². The van der Waals surface area contributed by atoms with Gasteiger partial charge in [-0.1, -0.05) is 35.9 Å². The van der Waals surface area contributed by atoms with Crippen LogP contribution >= 0.6 is 11.3 Å². The SMILES string of the molecule is Cc1ccc(-c2nc(C(=O)Nc3ccccn3)cs2)cc1. The Balaban J connectivity index is 1.78. The lowest BCUT2D eigenvalue weighted by Gasteiger charge is -2.01. The Labute approximate surface area is 126 Å². The van der Waals surface area contributed by atoms with Crippen molar-refractivity contribution in [2.75, 3.05) is 5.32 Å². The van der Waals surface area contributed by atoms with E-state index in [0.29, 0.717) is 11.5 Å². The molecule has 0 atom stereocenters. The number of benzene rings is 1. The Morgan fingerprint density at radius 1 is 1.14 bits per heavy atom. The fourth-order valence-corrected chi connectivity index (χ4v) is 2.63. The normalized spacial score (nSPS) is 10.3. The maximum Gasteiger partial charge on any atom is 0.276 e. The van der Waals surface area contributed by atoms with Gasteiger partial charge >= 0.3 is 0 Å². The van der Waals surface area contributed by atoms with Gasteiger partial charge < -0.3 is 5.32 Å². The molecule has 0 aliphatic heterocycles. The summed E-state index contributed by atoms with van der Waals surface area (Å²) in [5, 5.41) is 5.32. The van der Waals surface area contributed by atoms with E-state index >= 15 is 0 Å². The third-order valence-electron chi connectivity index (χ3n) is 2.94. The number of anilines is 1. The quantitative estimate of drug-likeness (QED) is 0.800. The molecule has 0 fully saturated rings. The maximum absolute atomic E-state index is 12.1. The highest BCUT2D eigenvalue weighted by Gasteiger charge is 2.12. The van der Waals surface area contributed by atoms with Crippen LogP contribution in [0.1, 0.15) is 16.1 Å². The molecule has 3 aromatic rings. The minimum atomic E-state index is -0.247. The highest BCUT2D eigenvalue weighted by molar-refractivity contribution is 7.13. The molecule has 2 heterocycles. The van der Waals surface area contributed by atoms with E-state index in [4.69, 9.17) is 0 Å². The fourth-order valence-electron chi connectivity index (χ4n) is 1.82. The van der Waals surface area contributed by atoms with Crippen molar-refractivity contribution in [3.05, 3.63) is 65.3 Å². The van der Waals surface area contributed by atoms with Gasteiger partial charge in [-0.2, -0.15) is 0 Å². The summed E-state index contributed by atoms with van der Waals surface area (Å²) >= 11 is 1.46. The van der Waals surface area contributed by atoms with E-state index in [1.54, 1.807) is 23.7 Å². The van der Waals surface area contributed by atoms with Gasteiger partial charge in [-0.15, -0.1) is 11.3 Å². The van der Waals surface area contributed by atoms with E-state index in [1.165, 1.54) is 16.9 Å². The number of nitrogens with zero attached hydrogens (tertiary/aromatic N) is 2. The molecule has 1 amide bonds. The van der Waals surface area contributed by atoms with Crippen molar-refractivity contribution in [3.63, 3.8) is 0 Å². The van der Waals surface area contributed by atoms with Crippen molar-refractivity contribution in [1.29, 1.82) is 0 Å². The number of hydrogen-bond donors (Lipinski definition) is 1. The molecule has 0 radical (unpaired) electrons. The first-order chi connectivity index (χ1) is 10.2. The van der Waals surface area contributed by atoms with E-state index in [0.717, 1.165) is 10.6 Å². The monoisotopic (exact) mass is 295 g/mol. The zero-order valence-corrected chi connectivity index (χ0v) is 12.2. The molecule has 0 spiro atoms. The van der Waals surface area contributed by atoms with Gasteiger partial charge in [0.15, 0.2) is 0 Å². The molecule has 104 valence electrons. The van der Waals surface area contributed by atoms with Gasteiger partial charge in [0.1, 0.15) is 16.5 Å². The second-order valence-electron chi connectivity index (χ2n) is 4.57. The number of amides is 1. The van der Waals surface area contributed by atoms with E-state index in [9.17, 15) is 4.79 Å². The first-order valence-electron chi connectivity index (χ1n) is 6.47. The van der Waals surface area contributed by atoms with Crippen LogP contribution < -0.4 is 5.32 Å². The number of aromatic nitrogens is 2. The van der Waals surface area contributed by atoms with Crippen LogP contribution in [0.5, 0.6) is 0 Å². The molecule has 3 rings (SSSR count). The lowest BCUT2D eigenvalue weighted by molar-refractivity contribution is 0.102. The summed E-state index contributed by atoms with van der Waals surface area (Å²) in [4.78, 5) is 20.6. The molecule has 4 nitrogen and oxygen atoms in total. The Hall–Kier alpha value is -2.53. The van der Waals surface area contributed by atoms with Crippen molar-refractivity contribution >= 4 is 23.1 Å². The van der Waals surface area contributed by atoms with Gasteiger partial charge in [-0.25, -0.2) is 9.97 Å². The predicted molar refractivity (Wildman–Crippen MR) is 84.5 cm³/mol. The number of carbonyl (C=O) groups excluding carboxylic acids is 1. The van der Waals surface area contributed by atoms with Crippen LogP contribution in [-0.2, 0) is 0 Å². The van der Waals surface area contributed by atoms with Gasteiger partial charge in [0.2, 0.25) is 0 Å². The first kappa shape index (κ1) is 13.5. The van der Waals surface area contributed by atoms with Gasteiger partial charge in [0.05, 0.1) is 0 Å². The second-order valence-corrected chi connectivity index (χ2v) is 5.43. The fraction of sp³-hybridized carbons (Fsp3) is 0.0625. The van der Waals surface area contributed by atoms with Crippen LogP contribution in [0.15, 0.2) is 54.0 Å². The van der Waals surface area contributed by atoms with Crippen molar-refractivity contribution in [2.45, 2.75) is 6.92 Å². The summed E-state index contributed by atoms with van der Waals surface area (Å²) in [5.74, 6) is 0.274. The third kappa shape index (κ3) is 3.14. The molecular weight excluding hydrogens is 282 g/mol. The second kappa shape index (κ2) is 5.85. The molecule has 0 unspecified atom stereocenters. The number of carbonyl (C=O) groups is 1. The average Bonchev–Trinajstić information content (AvgIpc) is 2.99. The lowest BCUT2D eigenvalue weighted by Crippen LogP contribution is -2.13. The van der Waals surface area contributed by atoms with Crippen molar-refractivity contribution < 1.29 is 4.79 Å². The van der Waals surface area contributed by atoms with E-state index < -0.39 is 0 Å². The summed E-state index contributed by atoms with van der Waals surface area (Å²) in [6.45, 7) is 2.04. The summed E-state index contributed by atoms with van der Waals surface area (Å²) in [6, 6.07) is 13.4. The van der Waals surface area contributed by atoms with Crippen molar-refractivity contribution in [3.8, 4) is 10.6 Å². The third-order valence-corrected chi connectivity index (χ3v) is 3.83. The van der Waals surface area contributed by atoms with Gasteiger partial charge in [-0.05, 0) is 19.1 Å². The van der Waals surface area contributed by atoms with Crippen LogP contribution in [0.25, 0.3) is 10.6 Å². The van der Waals surface area contributed by atoms with Crippen LogP contribution in [0.4, 0.5) is 5.82 Å².